The Morgan fingerprint density at radius 3 is 3.05 bits per heavy atom. The van der Waals surface area contributed by atoms with Crippen molar-refractivity contribution in [3.8, 4) is 0 Å². The van der Waals surface area contributed by atoms with Gasteiger partial charge in [0.15, 0.2) is 0 Å². The number of aromatic nitrogens is 1. The Balaban J connectivity index is 1.98. The molecule has 0 aliphatic carbocycles. The molecule has 19 heavy (non-hydrogen) atoms. The third kappa shape index (κ3) is 2.10. The Kier molecular flexibility index (Phi) is 2.78. The van der Waals surface area contributed by atoms with Gasteiger partial charge in [-0.25, -0.2) is 0 Å². The summed E-state index contributed by atoms with van der Waals surface area (Å²) in [5, 5.41) is 0.900. The quantitative estimate of drug-likeness (QED) is 0.607. The van der Waals surface area contributed by atoms with E-state index in [0.717, 1.165) is 23.9 Å². The van der Waals surface area contributed by atoms with E-state index in [1.54, 1.807) is 6.20 Å². The van der Waals surface area contributed by atoms with Crippen LogP contribution in [0.4, 0.5) is 5.69 Å². The van der Waals surface area contributed by atoms with Gasteiger partial charge in [0.05, 0.1) is 5.56 Å². The van der Waals surface area contributed by atoms with Crippen LogP contribution in [0.1, 0.15) is 23.7 Å². The molecule has 98 valence electrons. The highest BCUT2D eigenvalue weighted by atomic mass is 16.2. The fourth-order valence-corrected chi connectivity index (χ4v) is 2.57. The van der Waals surface area contributed by atoms with E-state index in [2.05, 4.69) is 18.0 Å². The van der Waals surface area contributed by atoms with Crippen molar-refractivity contribution in [3.05, 3.63) is 41.6 Å². The van der Waals surface area contributed by atoms with E-state index < -0.39 is 0 Å². The van der Waals surface area contributed by atoms with Gasteiger partial charge >= 0.3 is 0 Å². The minimum absolute atomic E-state index is 0.0734. The first kappa shape index (κ1) is 11.8. The van der Waals surface area contributed by atoms with Crippen LogP contribution in [0.15, 0.2) is 36.0 Å². The molecule has 0 saturated carbocycles. The lowest BCUT2D eigenvalue weighted by atomic mass is 10.1. The van der Waals surface area contributed by atoms with Crippen molar-refractivity contribution in [2.45, 2.75) is 13.3 Å². The summed E-state index contributed by atoms with van der Waals surface area (Å²) in [5.41, 5.74) is 9.38. The van der Waals surface area contributed by atoms with Crippen LogP contribution in [0.3, 0.4) is 0 Å². The zero-order valence-corrected chi connectivity index (χ0v) is 10.9. The van der Waals surface area contributed by atoms with Gasteiger partial charge in [0.25, 0.3) is 5.91 Å². The molecule has 0 spiro atoms. The molecular formula is C15H17N3O. The van der Waals surface area contributed by atoms with E-state index in [-0.39, 0.29) is 5.91 Å². The summed E-state index contributed by atoms with van der Waals surface area (Å²) in [5.74, 6) is 0.0734. The van der Waals surface area contributed by atoms with Gasteiger partial charge in [0, 0.05) is 35.9 Å². The van der Waals surface area contributed by atoms with Gasteiger partial charge in [-0.2, -0.15) is 0 Å². The van der Waals surface area contributed by atoms with Gasteiger partial charge in [-0.1, -0.05) is 11.6 Å². The lowest BCUT2D eigenvalue weighted by Gasteiger charge is -2.26. The van der Waals surface area contributed by atoms with E-state index in [0.29, 0.717) is 17.8 Å². The molecule has 3 rings (SSSR count). The van der Waals surface area contributed by atoms with Gasteiger partial charge in [0.1, 0.15) is 0 Å². The van der Waals surface area contributed by atoms with Crippen LogP contribution in [0.5, 0.6) is 0 Å². The zero-order valence-electron chi connectivity index (χ0n) is 10.9. The molecule has 1 aromatic heterocycles. The van der Waals surface area contributed by atoms with Gasteiger partial charge < -0.3 is 15.6 Å². The van der Waals surface area contributed by atoms with Gasteiger partial charge in [-0.15, -0.1) is 0 Å². The number of hydrogen-bond donors (Lipinski definition) is 2. The van der Waals surface area contributed by atoms with Crippen LogP contribution in [0.25, 0.3) is 10.9 Å². The monoisotopic (exact) mass is 255 g/mol. The van der Waals surface area contributed by atoms with Crippen LogP contribution in [0, 0.1) is 0 Å². The Hall–Kier alpha value is -2.23. The maximum absolute atomic E-state index is 12.6. The average molecular weight is 255 g/mol. The predicted octanol–water partition coefficient (Wildman–Crippen LogP) is 2.54. The molecule has 0 fully saturated rings. The molecule has 2 aromatic rings. The molecule has 1 aromatic carbocycles. The maximum atomic E-state index is 12.6. The van der Waals surface area contributed by atoms with Gasteiger partial charge in [-0.3, -0.25) is 4.79 Å². The first-order valence-electron chi connectivity index (χ1n) is 6.46. The number of carbonyl (C=O) groups is 1. The second-order valence-corrected chi connectivity index (χ2v) is 5.07. The Morgan fingerprint density at radius 2 is 2.26 bits per heavy atom. The predicted molar refractivity (Wildman–Crippen MR) is 77.0 cm³/mol. The number of H-pyrrole nitrogens is 1. The number of rotatable bonds is 1. The molecule has 1 aliphatic rings. The summed E-state index contributed by atoms with van der Waals surface area (Å²) in [6, 6.07) is 5.59. The van der Waals surface area contributed by atoms with Crippen molar-refractivity contribution in [1.82, 2.24) is 9.88 Å². The summed E-state index contributed by atoms with van der Waals surface area (Å²) in [6.07, 6.45) is 4.90. The molecule has 0 radical (unpaired) electrons. The van der Waals surface area contributed by atoms with Crippen molar-refractivity contribution in [2.75, 3.05) is 18.8 Å². The van der Waals surface area contributed by atoms with E-state index in [9.17, 15) is 4.79 Å². The number of aromatic amines is 1. The molecule has 4 heteroatoms. The highest BCUT2D eigenvalue weighted by Crippen LogP contribution is 2.23. The largest absolute Gasteiger partial charge is 0.399 e. The van der Waals surface area contributed by atoms with Crippen LogP contribution < -0.4 is 5.73 Å². The molecule has 1 aliphatic heterocycles. The lowest BCUT2D eigenvalue weighted by molar-refractivity contribution is 0.0768. The van der Waals surface area contributed by atoms with Crippen LogP contribution in [0.2, 0.25) is 0 Å². The zero-order chi connectivity index (χ0) is 13.4. The fraction of sp³-hybridized carbons (Fsp3) is 0.267. The average Bonchev–Trinajstić information content (AvgIpc) is 2.80. The molecule has 2 heterocycles. The number of carbonyl (C=O) groups excluding carboxylic acids is 1. The molecule has 4 nitrogen and oxygen atoms in total. The van der Waals surface area contributed by atoms with E-state index >= 15 is 0 Å². The normalized spacial score (nSPS) is 15.6. The summed E-state index contributed by atoms with van der Waals surface area (Å²) >= 11 is 0. The van der Waals surface area contributed by atoms with Gasteiger partial charge in [0.2, 0.25) is 0 Å². The van der Waals surface area contributed by atoms with E-state index in [1.165, 1.54) is 5.57 Å². The van der Waals surface area contributed by atoms with Gasteiger partial charge in [-0.05, 0) is 31.5 Å². The second-order valence-electron chi connectivity index (χ2n) is 5.07. The molecule has 1 amide bonds. The minimum atomic E-state index is 0.0734. The number of nitrogens with zero attached hydrogens (tertiary/aromatic N) is 1. The van der Waals surface area contributed by atoms with Crippen molar-refractivity contribution in [3.63, 3.8) is 0 Å². The number of fused-ring (bicyclic) bond motifs is 1. The summed E-state index contributed by atoms with van der Waals surface area (Å²) < 4.78 is 0. The number of benzene rings is 1. The highest BCUT2D eigenvalue weighted by Gasteiger charge is 2.20. The number of amides is 1. The number of hydrogen-bond acceptors (Lipinski definition) is 2. The standard InChI is InChI=1S/C15H17N3O/c1-10-3-2-6-18(9-10)15(19)13-8-17-14-5-4-11(16)7-12(13)14/h3-5,7-8,17H,2,6,9,16H2,1H3. The number of anilines is 1. The Labute approximate surface area is 111 Å². The molecule has 0 atom stereocenters. The SMILES string of the molecule is CC1=CCCN(C(=O)c2c[nH]c3ccc(N)cc23)C1. The molecule has 0 unspecified atom stereocenters. The first-order valence-corrected chi connectivity index (χ1v) is 6.46. The minimum Gasteiger partial charge on any atom is -0.399 e. The second kappa shape index (κ2) is 4.46. The molecule has 0 saturated heterocycles. The van der Waals surface area contributed by atoms with E-state index in [1.807, 2.05) is 23.1 Å². The van der Waals surface area contributed by atoms with Crippen molar-refractivity contribution in [1.29, 1.82) is 0 Å². The molecule has 3 N–H and O–H groups in total. The van der Waals surface area contributed by atoms with Crippen molar-refractivity contribution in [2.24, 2.45) is 0 Å². The molecule has 0 bridgehead atoms. The molecular weight excluding hydrogens is 238 g/mol. The van der Waals surface area contributed by atoms with E-state index in [4.69, 9.17) is 5.73 Å². The summed E-state index contributed by atoms with van der Waals surface area (Å²) in [4.78, 5) is 17.6. The first-order chi connectivity index (χ1) is 9.15. The number of nitrogens with two attached hydrogens (primary N) is 1. The highest BCUT2D eigenvalue weighted by molar-refractivity contribution is 6.07. The number of nitrogen functional groups attached to an aromatic ring is 1. The summed E-state index contributed by atoms with van der Waals surface area (Å²) in [6.45, 7) is 3.56. The third-order valence-corrected chi connectivity index (χ3v) is 3.56. The Morgan fingerprint density at radius 1 is 1.42 bits per heavy atom. The summed E-state index contributed by atoms with van der Waals surface area (Å²) in [7, 11) is 0. The Bertz CT molecular complexity index is 669. The number of nitrogens with one attached hydrogen (secondary N) is 1. The van der Waals surface area contributed by atoms with Crippen molar-refractivity contribution < 1.29 is 4.79 Å². The van der Waals surface area contributed by atoms with Crippen LogP contribution >= 0.6 is 0 Å². The van der Waals surface area contributed by atoms with Crippen LogP contribution in [-0.2, 0) is 0 Å². The third-order valence-electron chi connectivity index (χ3n) is 3.56. The smallest absolute Gasteiger partial charge is 0.256 e. The topological polar surface area (TPSA) is 62.1 Å². The van der Waals surface area contributed by atoms with Crippen LogP contribution in [-0.4, -0.2) is 28.9 Å². The van der Waals surface area contributed by atoms with Crippen molar-refractivity contribution >= 4 is 22.5 Å². The lowest BCUT2D eigenvalue weighted by Crippen LogP contribution is -2.35. The maximum Gasteiger partial charge on any atom is 0.256 e. The fourth-order valence-electron chi connectivity index (χ4n) is 2.57.